The third kappa shape index (κ3) is 3.38. The molecule has 1 aromatic heterocycles. The van der Waals surface area contributed by atoms with Crippen LogP contribution in [0.1, 0.15) is 18.4 Å². The number of phenols is 1. The first kappa shape index (κ1) is 19.9. The molecule has 0 unspecified atom stereocenters. The fourth-order valence-corrected chi connectivity index (χ4v) is 3.29. The number of phenolic OH excluding ortho intramolecular Hbond substituents is 1. The van der Waals surface area contributed by atoms with Gasteiger partial charge in [0.15, 0.2) is 11.5 Å². The van der Waals surface area contributed by atoms with Gasteiger partial charge in [-0.25, -0.2) is 4.79 Å². The van der Waals surface area contributed by atoms with Crippen LogP contribution in [0.4, 0.5) is 0 Å². The molecule has 0 aliphatic carbocycles. The maximum Gasteiger partial charge on any atom is 0.338 e. The molecule has 29 heavy (non-hydrogen) atoms. The maximum absolute atomic E-state index is 12.6. The van der Waals surface area contributed by atoms with E-state index >= 15 is 0 Å². The summed E-state index contributed by atoms with van der Waals surface area (Å²) in [6.45, 7) is 1.63. The molecule has 0 saturated carbocycles. The van der Waals surface area contributed by atoms with Crippen LogP contribution in [0.15, 0.2) is 53.6 Å². The first-order chi connectivity index (χ1) is 14.0. The van der Waals surface area contributed by atoms with Gasteiger partial charge >= 0.3 is 5.97 Å². The summed E-state index contributed by atoms with van der Waals surface area (Å²) in [7, 11) is 4.06. The van der Waals surface area contributed by atoms with Gasteiger partial charge in [0.25, 0.3) is 0 Å². The topological polar surface area (TPSA) is 103 Å². The van der Waals surface area contributed by atoms with E-state index in [0.717, 1.165) is 0 Å². The molecule has 0 saturated heterocycles. The van der Waals surface area contributed by atoms with Crippen LogP contribution in [0.2, 0.25) is 0 Å². The van der Waals surface area contributed by atoms with Gasteiger partial charge in [0.1, 0.15) is 17.4 Å². The lowest BCUT2D eigenvalue weighted by atomic mass is 9.82. The molecular weight excluding hydrogens is 376 g/mol. The molecule has 0 spiro atoms. The Bertz CT molecular complexity index is 1020. The van der Waals surface area contributed by atoms with Crippen LogP contribution in [-0.2, 0) is 14.3 Å². The summed E-state index contributed by atoms with van der Waals surface area (Å²) in [4.78, 5) is 12.6. The minimum atomic E-state index is -0.818. The van der Waals surface area contributed by atoms with Gasteiger partial charge in [0.05, 0.1) is 32.8 Å². The van der Waals surface area contributed by atoms with Gasteiger partial charge in [-0.1, -0.05) is 0 Å². The molecule has 0 bridgehead atoms. The zero-order valence-electron chi connectivity index (χ0n) is 16.4. The van der Waals surface area contributed by atoms with Gasteiger partial charge in [0, 0.05) is 12.4 Å². The van der Waals surface area contributed by atoms with Crippen molar-refractivity contribution in [3.63, 3.8) is 0 Å². The number of carbonyl (C=O) groups is 1. The van der Waals surface area contributed by atoms with Gasteiger partial charge in [0.2, 0.25) is 11.6 Å². The highest BCUT2D eigenvalue weighted by atomic mass is 16.5. The Kier molecular flexibility index (Phi) is 5.50. The van der Waals surface area contributed by atoms with E-state index in [0.29, 0.717) is 11.3 Å². The van der Waals surface area contributed by atoms with Crippen molar-refractivity contribution in [1.29, 1.82) is 5.26 Å². The zero-order chi connectivity index (χ0) is 21.1. The van der Waals surface area contributed by atoms with Gasteiger partial charge < -0.3 is 24.1 Å². The van der Waals surface area contributed by atoms with Crippen LogP contribution in [0, 0.1) is 11.3 Å². The first-order valence-electron chi connectivity index (χ1n) is 8.66. The third-order valence-electron chi connectivity index (χ3n) is 4.64. The van der Waals surface area contributed by atoms with Crippen molar-refractivity contribution in [3.8, 4) is 23.3 Å². The molecule has 8 nitrogen and oxygen atoms in total. The summed E-state index contributed by atoms with van der Waals surface area (Å²) in [6.07, 6.45) is 3.47. The fraction of sp³-hybridized carbons (Fsp3) is 0.238. The number of nitrogens with zero attached hydrogens (tertiary/aromatic N) is 2. The second kappa shape index (κ2) is 8.02. The van der Waals surface area contributed by atoms with Crippen LogP contribution in [0.25, 0.3) is 5.88 Å². The molecule has 0 radical (unpaired) electrons. The van der Waals surface area contributed by atoms with E-state index in [2.05, 4.69) is 6.07 Å². The molecule has 1 N–H and O–H groups in total. The second-order valence-electron chi connectivity index (χ2n) is 6.19. The molecule has 150 valence electrons. The number of esters is 1. The molecule has 0 amide bonds. The predicted molar refractivity (Wildman–Crippen MR) is 103 cm³/mol. The van der Waals surface area contributed by atoms with Crippen molar-refractivity contribution in [3.05, 3.63) is 59.1 Å². The molecule has 2 heterocycles. The number of ether oxygens (including phenoxy) is 4. The van der Waals surface area contributed by atoms with Crippen molar-refractivity contribution in [2.24, 2.45) is 0 Å². The summed E-state index contributed by atoms with van der Waals surface area (Å²) < 4.78 is 22.9. The van der Waals surface area contributed by atoms with Gasteiger partial charge in [-0.3, -0.25) is 4.57 Å². The van der Waals surface area contributed by atoms with Crippen molar-refractivity contribution >= 4 is 11.9 Å². The maximum atomic E-state index is 12.6. The first-order valence-corrected chi connectivity index (χ1v) is 8.66. The predicted octanol–water partition coefficient (Wildman–Crippen LogP) is 3.16. The minimum Gasteiger partial charge on any atom is -0.502 e. The summed E-state index contributed by atoms with van der Waals surface area (Å²) in [6, 6.07) is 8.85. The number of rotatable bonds is 5. The third-order valence-corrected chi connectivity index (χ3v) is 4.64. The number of benzene rings is 1. The molecule has 3 rings (SSSR count). The number of aromatic nitrogens is 1. The monoisotopic (exact) mass is 396 g/mol. The van der Waals surface area contributed by atoms with E-state index in [1.807, 2.05) is 0 Å². The van der Waals surface area contributed by atoms with E-state index in [-0.39, 0.29) is 34.3 Å². The Morgan fingerprint density at radius 3 is 2.24 bits per heavy atom. The number of allylic oxidation sites excluding steroid dienone is 2. The van der Waals surface area contributed by atoms with Gasteiger partial charge in [-0.15, -0.1) is 0 Å². The molecule has 1 aromatic carbocycles. The highest BCUT2D eigenvalue weighted by molar-refractivity contribution is 5.93. The van der Waals surface area contributed by atoms with Crippen molar-refractivity contribution in [2.75, 3.05) is 21.3 Å². The fourth-order valence-electron chi connectivity index (χ4n) is 3.29. The Balaban J connectivity index is 2.32. The van der Waals surface area contributed by atoms with Crippen molar-refractivity contribution < 1.29 is 28.8 Å². The smallest absolute Gasteiger partial charge is 0.338 e. The average Bonchev–Trinajstić information content (AvgIpc) is 3.27. The highest BCUT2D eigenvalue weighted by Crippen LogP contribution is 2.46. The number of hydrogen-bond donors (Lipinski definition) is 1. The lowest BCUT2D eigenvalue weighted by molar-refractivity contribution is -0.136. The van der Waals surface area contributed by atoms with Crippen LogP contribution < -0.4 is 9.47 Å². The average molecular weight is 396 g/mol. The van der Waals surface area contributed by atoms with Gasteiger partial charge in [-0.2, -0.15) is 5.26 Å². The Morgan fingerprint density at radius 2 is 1.76 bits per heavy atom. The molecule has 1 aliphatic rings. The number of methoxy groups -OCH3 is 3. The minimum absolute atomic E-state index is 0.146. The van der Waals surface area contributed by atoms with Crippen LogP contribution in [0.5, 0.6) is 17.2 Å². The standard InChI is InChI=1S/C21H20N2O6/c1-12-17(21(25)28-4)18(13-9-15(26-2)19(24)16(10-13)27-3)14(11-22)20(29-12)23-7-5-6-8-23/h5-10,18,24H,1-4H3/t18-/m0/s1. The molecular formula is C21H20N2O6. The summed E-state index contributed by atoms with van der Waals surface area (Å²) in [5.41, 5.74) is 0.873. The van der Waals surface area contributed by atoms with Crippen LogP contribution in [-0.4, -0.2) is 37.0 Å². The Morgan fingerprint density at radius 1 is 1.17 bits per heavy atom. The SMILES string of the molecule is COC(=O)C1=C(C)OC(n2cccc2)=C(C#N)[C@@H]1c1cc(OC)c(O)c(OC)c1. The van der Waals surface area contributed by atoms with Crippen molar-refractivity contribution in [2.45, 2.75) is 12.8 Å². The van der Waals surface area contributed by atoms with E-state index < -0.39 is 11.9 Å². The summed E-state index contributed by atoms with van der Waals surface area (Å²) in [5, 5.41) is 20.2. The number of hydrogen-bond acceptors (Lipinski definition) is 7. The Labute approximate surface area is 167 Å². The van der Waals surface area contributed by atoms with E-state index in [4.69, 9.17) is 18.9 Å². The molecule has 1 atom stereocenters. The van der Waals surface area contributed by atoms with E-state index in [1.54, 1.807) is 48.1 Å². The zero-order valence-corrected chi connectivity index (χ0v) is 16.4. The molecule has 2 aromatic rings. The Hall–Kier alpha value is -3.86. The quantitative estimate of drug-likeness (QED) is 0.774. The summed E-state index contributed by atoms with van der Waals surface area (Å²) in [5.74, 6) is -0.756. The van der Waals surface area contributed by atoms with E-state index in [1.165, 1.54) is 21.3 Å². The lowest BCUT2D eigenvalue weighted by Gasteiger charge is -2.29. The second-order valence-corrected chi connectivity index (χ2v) is 6.19. The van der Waals surface area contributed by atoms with Crippen LogP contribution in [0.3, 0.4) is 0 Å². The number of nitriles is 1. The highest BCUT2D eigenvalue weighted by Gasteiger charge is 2.38. The van der Waals surface area contributed by atoms with Crippen molar-refractivity contribution in [1.82, 2.24) is 4.57 Å². The number of carbonyl (C=O) groups excluding carboxylic acids is 1. The molecule has 0 fully saturated rings. The largest absolute Gasteiger partial charge is 0.502 e. The normalized spacial score (nSPS) is 16.2. The van der Waals surface area contributed by atoms with Gasteiger partial charge in [-0.05, 0) is 36.8 Å². The molecule has 8 heteroatoms. The number of aromatic hydroxyl groups is 1. The van der Waals surface area contributed by atoms with Crippen LogP contribution >= 0.6 is 0 Å². The lowest BCUT2D eigenvalue weighted by Crippen LogP contribution is -2.23. The van der Waals surface area contributed by atoms with E-state index in [9.17, 15) is 15.2 Å². The summed E-state index contributed by atoms with van der Waals surface area (Å²) >= 11 is 0. The molecule has 1 aliphatic heterocycles.